The molecule has 0 saturated carbocycles. The number of hydrogen-bond donors (Lipinski definition) is 1. The van der Waals surface area contributed by atoms with Gasteiger partial charge in [0.05, 0.1) is 0 Å². The maximum absolute atomic E-state index is 13.1. The zero-order chi connectivity index (χ0) is 15.5. The Morgan fingerprint density at radius 3 is 2.77 bits per heavy atom. The minimum Gasteiger partial charge on any atom is -0.308 e. The Morgan fingerprint density at radius 2 is 2.05 bits per heavy atom. The molecule has 1 fully saturated rings. The van der Waals surface area contributed by atoms with Crippen LogP contribution in [0.4, 0.5) is 14.9 Å². The predicted molar refractivity (Wildman–Crippen MR) is 91.5 cm³/mol. The van der Waals surface area contributed by atoms with Crippen LogP contribution in [-0.2, 0) is 0 Å². The van der Waals surface area contributed by atoms with Gasteiger partial charge in [-0.1, -0.05) is 34.1 Å². The highest BCUT2D eigenvalue weighted by Crippen LogP contribution is 2.38. The van der Waals surface area contributed by atoms with Crippen molar-refractivity contribution in [2.75, 3.05) is 17.6 Å². The summed E-state index contributed by atoms with van der Waals surface area (Å²) in [5.41, 5.74) is 1.68. The zero-order valence-electron chi connectivity index (χ0n) is 11.6. The molecule has 0 spiro atoms. The Hall–Kier alpha value is -1.53. The molecule has 1 atom stereocenters. The molecule has 1 saturated heterocycles. The van der Waals surface area contributed by atoms with Gasteiger partial charge in [-0.05, 0) is 35.9 Å². The summed E-state index contributed by atoms with van der Waals surface area (Å²) < 4.78 is 14.0. The number of anilines is 1. The maximum Gasteiger partial charge on any atom is 0.323 e. The molecule has 22 heavy (non-hydrogen) atoms. The van der Waals surface area contributed by atoms with Crippen molar-refractivity contribution in [1.82, 2.24) is 4.90 Å². The molecule has 1 heterocycles. The van der Waals surface area contributed by atoms with Gasteiger partial charge in [0.2, 0.25) is 0 Å². The van der Waals surface area contributed by atoms with E-state index >= 15 is 0 Å². The van der Waals surface area contributed by atoms with Gasteiger partial charge in [-0.2, -0.15) is 0 Å². The van der Waals surface area contributed by atoms with Crippen LogP contribution < -0.4 is 5.32 Å². The first-order valence-corrected chi connectivity index (χ1v) is 8.68. The molecule has 1 aliphatic heterocycles. The minimum absolute atomic E-state index is 0.0762. The van der Waals surface area contributed by atoms with Gasteiger partial charge in [-0.25, -0.2) is 9.18 Å². The van der Waals surface area contributed by atoms with E-state index in [9.17, 15) is 9.18 Å². The molecule has 0 bridgehead atoms. The van der Waals surface area contributed by atoms with Crippen molar-refractivity contribution in [2.24, 2.45) is 0 Å². The molecule has 1 N–H and O–H groups in total. The highest BCUT2D eigenvalue weighted by Gasteiger charge is 2.30. The van der Waals surface area contributed by atoms with E-state index in [4.69, 9.17) is 0 Å². The Kier molecular flexibility index (Phi) is 4.69. The van der Waals surface area contributed by atoms with Gasteiger partial charge in [0.25, 0.3) is 0 Å². The SMILES string of the molecule is O=C(Nc1cccc(Br)c1)N1CCS[C@@H]1c1ccc(F)cc1. The number of rotatable bonds is 2. The van der Waals surface area contributed by atoms with Crippen LogP contribution >= 0.6 is 27.7 Å². The van der Waals surface area contributed by atoms with E-state index in [1.165, 1.54) is 12.1 Å². The van der Waals surface area contributed by atoms with Gasteiger partial charge < -0.3 is 10.2 Å². The maximum atomic E-state index is 13.1. The standard InChI is InChI=1S/C16H14BrFN2OS/c17-12-2-1-3-14(10-12)19-16(21)20-8-9-22-15(20)11-4-6-13(18)7-5-11/h1-7,10,15H,8-9H2,(H,19,21)/t15-/m1/s1. The van der Waals surface area contributed by atoms with Gasteiger partial charge in [0, 0.05) is 22.5 Å². The third kappa shape index (κ3) is 3.44. The molecule has 3 nitrogen and oxygen atoms in total. The van der Waals surface area contributed by atoms with Crippen molar-refractivity contribution in [2.45, 2.75) is 5.37 Å². The number of amides is 2. The number of halogens is 2. The molecule has 1 aliphatic rings. The molecule has 114 valence electrons. The monoisotopic (exact) mass is 380 g/mol. The first kappa shape index (κ1) is 15.4. The summed E-state index contributed by atoms with van der Waals surface area (Å²) in [7, 11) is 0. The summed E-state index contributed by atoms with van der Waals surface area (Å²) in [6.07, 6.45) is 0. The fourth-order valence-corrected chi connectivity index (χ4v) is 4.00. The lowest BCUT2D eigenvalue weighted by Crippen LogP contribution is -2.34. The molecule has 2 aromatic rings. The highest BCUT2D eigenvalue weighted by atomic mass is 79.9. The van der Waals surface area contributed by atoms with Crippen molar-refractivity contribution in [3.63, 3.8) is 0 Å². The quantitative estimate of drug-likeness (QED) is 0.805. The van der Waals surface area contributed by atoms with Crippen LogP contribution in [0, 0.1) is 5.82 Å². The fraction of sp³-hybridized carbons (Fsp3) is 0.188. The molecule has 3 rings (SSSR count). The second-order valence-corrected chi connectivity index (χ2v) is 7.01. The molecule has 2 amide bonds. The summed E-state index contributed by atoms with van der Waals surface area (Å²) in [6, 6.07) is 13.7. The number of hydrogen-bond acceptors (Lipinski definition) is 2. The number of nitrogens with zero attached hydrogens (tertiary/aromatic N) is 1. The molecular formula is C16H14BrFN2OS. The summed E-state index contributed by atoms with van der Waals surface area (Å²) in [6.45, 7) is 0.673. The Labute approximate surface area is 141 Å². The molecule has 0 radical (unpaired) electrons. The average molecular weight is 381 g/mol. The largest absolute Gasteiger partial charge is 0.323 e. The lowest BCUT2D eigenvalue weighted by atomic mass is 10.2. The average Bonchev–Trinajstić information content (AvgIpc) is 2.97. The van der Waals surface area contributed by atoms with E-state index in [-0.39, 0.29) is 17.2 Å². The van der Waals surface area contributed by atoms with Crippen LogP contribution in [0.3, 0.4) is 0 Å². The Balaban J connectivity index is 1.75. The third-order valence-corrected chi connectivity index (χ3v) is 5.14. The van der Waals surface area contributed by atoms with Crippen LogP contribution in [0.1, 0.15) is 10.9 Å². The minimum atomic E-state index is -0.267. The zero-order valence-corrected chi connectivity index (χ0v) is 14.0. The fourth-order valence-electron chi connectivity index (χ4n) is 2.34. The van der Waals surface area contributed by atoms with Crippen molar-refractivity contribution in [1.29, 1.82) is 0 Å². The van der Waals surface area contributed by atoms with E-state index in [1.54, 1.807) is 28.8 Å². The van der Waals surface area contributed by atoms with Gasteiger partial charge in [0.15, 0.2) is 0 Å². The summed E-state index contributed by atoms with van der Waals surface area (Å²) in [4.78, 5) is 14.3. The second kappa shape index (κ2) is 6.71. The van der Waals surface area contributed by atoms with E-state index in [0.717, 1.165) is 21.5 Å². The number of nitrogens with one attached hydrogen (secondary N) is 1. The van der Waals surface area contributed by atoms with Gasteiger partial charge in [-0.15, -0.1) is 11.8 Å². The molecule has 2 aromatic carbocycles. The van der Waals surface area contributed by atoms with Gasteiger partial charge in [0.1, 0.15) is 11.2 Å². The van der Waals surface area contributed by atoms with E-state index in [0.29, 0.717) is 6.54 Å². The van der Waals surface area contributed by atoms with Crippen LogP contribution in [-0.4, -0.2) is 23.2 Å². The third-order valence-electron chi connectivity index (χ3n) is 3.38. The predicted octanol–water partition coefficient (Wildman–Crippen LogP) is 4.87. The normalized spacial score (nSPS) is 17.5. The van der Waals surface area contributed by atoms with E-state index in [2.05, 4.69) is 21.2 Å². The highest BCUT2D eigenvalue weighted by molar-refractivity contribution is 9.10. The molecule has 0 unspecified atom stereocenters. The van der Waals surface area contributed by atoms with Crippen molar-refractivity contribution in [3.05, 3.63) is 64.4 Å². The lowest BCUT2D eigenvalue weighted by molar-refractivity contribution is 0.214. The number of urea groups is 1. The van der Waals surface area contributed by atoms with Crippen LogP contribution in [0.25, 0.3) is 0 Å². The van der Waals surface area contributed by atoms with Crippen molar-refractivity contribution >= 4 is 39.4 Å². The van der Waals surface area contributed by atoms with Gasteiger partial charge in [-0.3, -0.25) is 0 Å². The number of benzene rings is 2. The molecule has 0 aliphatic carbocycles. The van der Waals surface area contributed by atoms with Crippen LogP contribution in [0.15, 0.2) is 53.0 Å². The number of thioether (sulfide) groups is 1. The van der Waals surface area contributed by atoms with Crippen molar-refractivity contribution in [3.8, 4) is 0 Å². The Morgan fingerprint density at radius 1 is 1.27 bits per heavy atom. The smallest absolute Gasteiger partial charge is 0.308 e. The Bertz CT molecular complexity index is 680. The molecule has 6 heteroatoms. The van der Waals surface area contributed by atoms with E-state index in [1.807, 2.05) is 24.3 Å². The van der Waals surface area contributed by atoms with Crippen LogP contribution in [0.2, 0.25) is 0 Å². The lowest BCUT2D eigenvalue weighted by Gasteiger charge is -2.24. The first-order valence-electron chi connectivity index (χ1n) is 6.84. The molecular weight excluding hydrogens is 367 g/mol. The molecule has 0 aromatic heterocycles. The summed E-state index contributed by atoms with van der Waals surface area (Å²) in [5, 5.41) is 2.83. The summed E-state index contributed by atoms with van der Waals surface area (Å²) >= 11 is 5.07. The number of carbonyl (C=O) groups excluding carboxylic acids is 1. The van der Waals surface area contributed by atoms with Crippen LogP contribution in [0.5, 0.6) is 0 Å². The van der Waals surface area contributed by atoms with E-state index < -0.39 is 0 Å². The number of carbonyl (C=O) groups is 1. The van der Waals surface area contributed by atoms with Gasteiger partial charge >= 0.3 is 6.03 Å². The topological polar surface area (TPSA) is 32.3 Å². The first-order chi connectivity index (χ1) is 10.6. The second-order valence-electron chi connectivity index (χ2n) is 4.91. The summed E-state index contributed by atoms with van der Waals surface area (Å²) in [5.74, 6) is 0.602. The van der Waals surface area contributed by atoms with Crippen molar-refractivity contribution < 1.29 is 9.18 Å².